The van der Waals surface area contributed by atoms with E-state index >= 15 is 0 Å². The van der Waals surface area contributed by atoms with Crippen LogP contribution in [0.1, 0.15) is 5.56 Å². The van der Waals surface area contributed by atoms with Gasteiger partial charge in [0, 0.05) is 23.7 Å². The van der Waals surface area contributed by atoms with Crippen LogP contribution in [0.15, 0.2) is 72.1 Å². The van der Waals surface area contributed by atoms with Gasteiger partial charge in [-0.1, -0.05) is 23.9 Å². The van der Waals surface area contributed by atoms with E-state index in [1.54, 1.807) is 25.1 Å². The second-order valence-electron chi connectivity index (χ2n) is 5.81. The predicted molar refractivity (Wildman–Crippen MR) is 105 cm³/mol. The Morgan fingerprint density at radius 2 is 1.81 bits per heavy atom. The molecule has 0 spiro atoms. The number of nitrogens with two attached hydrogens (primary N) is 1. The van der Waals surface area contributed by atoms with E-state index in [1.165, 1.54) is 10.2 Å². The molecule has 8 heteroatoms. The normalized spacial score (nSPS) is 10.9. The Bertz CT molecular complexity index is 1010. The van der Waals surface area contributed by atoms with Crippen LogP contribution in [0, 0.1) is 0 Å². The largest absolute Gasteiger partial charge is 0.497 e. The third-order valence-corrected chi connectivity index (χ3v) is 5.10. The highest BCUT2D eigenvalue weighted by Gasteiger charge is 2.12. The van der Waals surface area contributed by atoms with E-state index in [1.807, 2.05) is 53.3 Å². The third-order valence-electron chi connectivity index (χ3n) is 4.09. The second kappa shape index (κ2) is 7.55. The number of hydrogen-bond acceptors (Lipinski definition) is 6. The molecule has 4 aromatic rings. The summed E-state index contributed by atoms with van der Waals surface area (Å²) in [6.45, 7) is 0. The van der Waals surface area contributed by atoms with Gasteiger partial charge < -0.3 is 10.6 Å². The zero-order chi connectivity index (χ0) is 18.6. The Morgan fingerprint density at radius 1 is 1.04 bits per heavy atom. The minimum Gasteiger partial charge on any atom is -0.497 e. The average Bonchev–Trinajstić information content (AvgIpc) is 3.37. The van der Waals surface area contributed by atoms with Gasteiger partial charge in [-0.25, -0.2) is 9.36 Å². The summed E-state index contributed by atoms with van der Waals surface area (Å²) in [7, 11) is 1.64. The van der Waals surface area contributed by atoms with Crippen molar-refractivity contribution >= 4 is 11.8 Å². The fourth-order valence-corrected chi connectivity index (χ4v) is 3.44. The monoisotopic (exact) mass is 378 g/mol. The SMILES string of the molecule is COc1ccc(-c2nnc(SCc3ccc(-n4cccn4)cc3)n2N)cc1. The molecule has 2 heterocycles. The van der Waals surface area contributed by atoms with Crippen LogP contribution < -0.4 is 10.6 Å². The summed E-state index contributed by atoms with van der Waals surface area (Å²) in [6.07, 6.45) is 3.68. The quantitative estimate of drug-likeness (QED) is 0.410. The molecule has 136 valence electrons. The van der Waals surface area contributed by atoms with E-state index < -0.39 is 0 Å². The zero-order valence-corrected chi connectivity index (χ0v) is 15.5. The Kier molecular flexibility index (Phi) is 4.80. The minimum absolute atomic E-state index is 0.620. The standard InChI is InChI=1S/C19H18N6OS/c1-26-17-9-5-15(6-10-17)18-22-23-19(25(18)20)27-13-14-3-7-16(8-4-14)24-12-2-11-21-24/h2-12H,13,20H2,1H3. The zero-order valence-electron chi connectivity index (χ0n) is 14.7. The molecule has 2 N–H and O–H groups in total. The number of benzene rings is 2. The topological polar surface area (TPSA) is 83.8 Å². The molecule has 0 radical (unpaired) electrons. The number of aromatic nitrogens is 5. The summed E-state index contributed by atoms with van der Waals surface area (Å²) in [5, 5.41) is 13.3. The lowest BCUT2D eigenvalue weighted by molar-refractivity contribution is 0.415. The maximum absolute atomic E-state index is 6.19. The molecule has 27 heavy (non-hydrogen) atoms. The van der Waals surface area contributed by atoms with E-state index in [4.69, 9.17) is 10.6 Å². The number of hydrogen-bond donors (Lipinski definition) is 1. The summed E-state index contributed by atoms with van der Waals surface area (Å²) in [4.78, 5) is 0. The van der Waals surface area contributed by atoms with Crippen LogP contribution in [0.5, 0.6) is 5.75 Å². The van der Waals surface area contributed by atoms with Crippen LogP contribution in [-0.4, -0.2) is 31.8 Å². The Labute approximate surface area is 160 Å². The van der Waals surface area contributed by atoms with Crippen LogP contribution in [0.2, 0.25) is 0 Å². The van der Waals surface area contributed by atoms with Gasteiger partial charge in [-0.2, -0.15) is 5.10 Å². The van der Waals surface area contributed by atoms with Gasteiger partial charge in [0.1, 0.15) is 5.75 Å². The maximum atomic E-state index is 6.19. The van der Waals surface area contributed by atoms with Crippen molar-refractivity contribution < 1.29 is 4.74 Å². The van der Waals surface area contributed by atoms with Gasteiger partial charge in [0.15, 0.2) is 5.82 Å². The molecule has 0 amide bonds. The summed E-state index contributed by atoms with van der Waals surface area (Å²) in [5.74, 6) is 8.34. The lowest BCUT2D eigenvalue weighted by Crippen LogP contribution is -2.11. The van der Waals surface area contributed by atoms with Crippen LogP contribution in [0.25, 0.3) is 17.1 Å². The summed E-state index contributed by atoms with van der Waals surface area (Å²) < 4.78 is 8.52. The third kappa shape index (κ3) is 3.65. The van der Waals surface area contributed by atoms with Gasteiger partial charge in [0.2, 0.25) is 5.16 Å². The molecule has 0 saturated heterocycles. The molecule has 0 atom stereocenters. The second-order valence-corrected chi connectivity index (χ2v) is 6.75. The number of thioether (sulfide) groups is 1. The predicted octanol–water partition coefficient (Wildman–Crippen LogP) is 3.15. The van der Waals surface area contributed by atoms with Crippen molar-refractivity contribution in [2.75, 3.05) is 13.0 Å². The first-order valence-electron chi connectivity index (χ1n) is 8.31. The molecule has 0 bridgehead atoms. The smallest absolute Gasteiger partial charge is 0.210 e. The fourth-order valence-electron chi connectivity index (χ4n) is 2.63. The summed E-state index contributed by atoms with van der Waals surface area (Å²) in [6, 6.07) is 17.7. The Balaban J connectivity index is 1.45. The molecule has 0 aliphatic carbocycles. The van der Waals surface area contributed by atoms with E-state index in [-0.39, 0.29) is 0 Å². The molecule has 4 rings (SSSR count). The highest BCUT2D eigenvalue weighted by molar-refractivity contribution is 7.98. The van der Waals surface area contributed by atoms with Gasteiger partial charge in [-0.15, -0.1) is 10.2 Å². The van der Waals surface area contributed by atoms with Gasteiger partial charge in [0.25, 0.3) is 0 Å². The lowest BCUT2D eigenvalue weighted by atomic mass is 10.2. The average molecular weight is 378 g/mol. The summed E-state index contributed by atoms with van der Waals surface area (Å²) >= 11 is 1.54. The number of nitrogen functional groups attached to an aromatic ring is 1. The molecular weight excluding hydrogens is 360 g/mol. The molecule has 0 aliphatic heterocycles. The number of ether oxygens (including phenoxy) is 1. The van der Waals surface area contributed by atoms with Crippen molar-refractivity contribution in [3.05, 3.63) is 72.6 Å². The van der Waals surface area contributed by atoms with Gasteiger partial charge in [-0.3, -0.25) is 0 Å². The molecule has 7 nitrogen and oxygen atoms in total. The van der Waals surface area contributed by atoms with Crippen LogP contribution in [0.3, 0.4) is 0 Å². The molecule has 2 aromatic carbocycles. The van der Waals surface area contributed by atoms with Crippen molar-refractivity contribution in [2.45, 2.75) is 10.9 Å². The lowest BCUT2D eigenvalue weighted by Gasteiger charge is -2.06. The number of rotatable bonds is 6. The molecule has 0 aliphatic rings. The van der Waals surface area contributed by atoms with Crippen molar-refractivity contribution in [3.63, 3.8) is 0 Å². The highest BCUT2D eigenvalue weighted by Crippen LogP contribution is 2.25. The molecule has 0 fully saturated rings. The van der Waals surface area contributed by atoms with Gasteiger partial charge >= 0.3 is 0 Å². The molecule has 0 saturated carbocycles. The van der Waals surface area contributed by atoms with Crippen molar-refractivity contribution in [2.24, 2.45) is 0 Å². The number of methoxy groups -OCH3 is 1. The van der Waals surface area contributed by atoms with Crippen molar-refractivity contribution in [1.82, 2.24) is 24.7 Å². The molecule has 0 unspecified atom stereocenters. The van der Waals surface area contributed by atoms with E-state index in [0.717, 1.165) is 22.8 Å². The van der Waals surface area contributed by atoms with Gasteiger partial charge in [-0.05, 0) is 48.0 Å². The fraction of sp³-hybridized carbons (Fsp3) is 0.105. The van der Waals surface area contributed by atoms with Gasteiger partial charge in [0.05, 0.1) is 12.8 Å². The van der Waals surface area contributed by atoms with Crippen molar-refractivity contribution in [3.8, 4) is 22.8 Å². The van der Waals surface area contributed by atoms with E-state index in [0.29, 0.717) is 11.0 Å². The minimum atomic E-state index is 0.620. The Hall–Kier alpha value is -3.26. The van der Waals surface area contributed by atoms with E-state index in [9.17, 15) is 0 Å². The van der Waals surface area contributed by atoms with E-state index in [2.05, 4.69) is 27.4 Å². The summed E-state index contributed by atoms with van der Waals surface area (Å²) in [5.41, 5.74) is 3.09. The Morgan fingerprint density at radius 3 is 2.48 bits per heavy atom. The first-order valence-corrected chi connectivity index (χ1v) is 9.30. The van der Waals surface area contributed by atoms with Crippen LogP contribution in [-0.2, 0) is 5.75 Å². The molecule has 2 aromatic heterocycles. The first kappa shape index (κ1) is 17.2. The maximum Gasteiger partial charge on any atom is 0.210 e. The van der Waals surface area contributed by atoms with Crippen LogP contribution in [0.4, 0.5) is 0 Å². The highest BCUT2D eigenvalue weighted by atomic mass is 32.2. The molecular formula is C19H18N6OS. The van der Waals surface area contributed by atoms with Crippen molar-refractivity contribution in [1.29, 1.82) is 0 Å². The number of nitrogens with zero attached hydrogens (tertiary/aromatic N) is 5. The van der Waals surface area contributed by atoms with Crippen LogP contribution >= 0.6 is 11.8 Å². The first-order chi connectivity index (χ1) is 13.2.